The zero-order valence-corrected chi connectivity index (χ0v) is 15.2. The average Bonchev–Trinajstić information content (AvgIpc) is 3.28. The third kappa shape index (κ3) is 2.85. The number of hydrogen-bond donors (Lipinski definition) is 0. The standard InChI is InChI=1S/C21H30N3/c1-21(2)17-19(22-12-6-7-13-22)16-20(23-14-8-9-15-23)24(21)18-10-4-3-5-11-18/h3-5,10-11,16H,6-9,12-15,17H2,1-2H3/q+1. The van der Waals surface area contributed by atoms with E-state index in [9.17, 15) is 0 Å². The number of nitrogens with zero attached hydrogens (tertiary/aromatic N) is 3. The molecular weight excluding hydrogens is 294 g/mol. The molecule has 128 valence electrons. The summed E-state index contributed by atoms with van der Waals surface area (Å²) in [6, 6.07) is 10.9. The summed E-state index contributed by atoms with van der Waals surface area (Å²) < 4.78 is 2.60. The van der Waals surface area contributed by atoms with Gasteiger partial charge in [-0.2, -0.15) is 0 Å². The minimum Gasteiger partial charge on any atom is -0.374 e. The quantitative estimate of drug-likeness (QED) is 0.764. The van der Waals surface area contributed by atoms with Crippen LogP contribution in [0.25, 0.3) is 0 Å². The predicted molar refractivity (Wildman–Crippen MR) is 101 cm³/mol. The van der Waals surface area contributed by atoms with Crippen LogP contribution in [0.15, 0.2) is 42.1 Å². The first-order valence-electron chi connectivity index (χ1n) is 9.58. The van der Waals surface area contributed by atoms with Gasteiger partial charge in [0.2, 0.25) is 0 Å². The van der Waals surface area contributed by atoms with Gasteiger partial charge >= 0.3 is 0 Å². The Balaban J connectivity index is 1.81. The Morgan fingerprint density at radius 2 is 1.58 bits per heavy atom. The SMILES string of the molecule is CC1(C)CC(N2CCCC2)=CC(=[N+]2CCCC2)N1c1ccccc1. The predicted octanol–water partition coefficient (Wildman–Crippen LogP) is 3.86. The summed E-state index contributed by atoms with van der Waals surface area (Å²) in [5.74, 6) is 1.41. The smallest absolute Gasteiger partial charge is 0.279 e. The van der Waals surface area contributed by atoms with Crippen LogP contribution in [0.1, 0.15) is 46.0 Å². The molecular formula is C21H30N3+. The molecule has 4 rings (SSSR count). The molecule has 0 atom stereocenters. The van der Waals surface area contributed by atoms with E-state index in [1.165, 1.54) is 63.4 Å². The average molecular weight is 324 g/mol. The first-order valence-corrected chi connectivity index (χ1v) is 9.58. The summed E-state index contributed by atoms with van der Waals surface area (Å²) in [6.07, 6.45) is 8.95. The van der Waals surface area contributed by atoms with Crippen LogP contribution >= 0.6 is 0 Å². The van der Waals surface area contributed by atoms with Crippen LogP contribution in [0.4, 0.5) is 5.69 Å². The van der Waals surface area contributed by atoms with E-state index in [0.717, 1.165) is 6.42 Å². The van der Waals surface area contributed by atoms with Gasteiger partial charge in [-0.3, -0.25) is 4.58 Å². The molecule has 0 bridgehead atoms. The fourth-order valence-corrected chi connectivity index (χ4v) is 4.54. The maximum atomic E-state index is 2.63. The second kappa shape index (κ2) is 6.27. The van der Waals surface area contributed by atoms with Gasteiger partial charge < -0.3 is 4.90 Å². The number of benzene rings is 1. The van der Waals surface area contributed by atoms with E-state index in [0.29, 0.717) is 0 Å². The van der Waals surface area contributed by atoms with E-state index in [2.05, 4.69) is 64.6 Å². The topological polar surface area (TPSA) is 9.49 Å². The van der Waals surface area contributed by atoms with Crippen molar-refractivity contribution in [3.63, 3.8) is 0 Å². The van der Waals surface area contributed by atoms with Gasteiger partial charge in [-0.05, 0) is 51.7 Å². The van der Waals surface area contributed by atoms with E-state index >= 15 is 0 Å². The Hall–Kier alpha value is -1.77. The molecule has 24 heavy (non-hydrogen) atoms. The Labute approximate surface area is 146 Å². The van der Waals surface area contributed by atoms with Crippen molar-refractivity contribution in [2.45, 2.75) is 51.5 Å². The normalized spacial score (nSPS) is 23.8. The van der Waals surface area contributed by atoms with Crippen LogP contribution < -0.4 is 4.90 Å². The second-order valence-electron chi connectivity index (χ2n) is 8.04. The third-order valence-corrected chi connectivity index (χ3v) is 5.70. The van der Waals surface area contributed by atoms with Crippen LogP contribution in [0.5, 0.6) is 0 Å². The fraction of sp³-hybridized carbons (Fsp3) is 0.571. The van der Waals surface area contributed by atoms with Gasteiger partial charge in [0.1, 0.15) is 11.2 Å². The molecule has 3 heterocycles. The first-order chi connectivity index (χ1) is 11.6. The van der Waals surface area contributed by atoms with Crippen molar-refractivity contribution in [2.24, 2.45) is 0 Å². The molecule has 0 N–H and O–H groups in total. The molecule has 2 saturated heterocycles. The highest BCUT2D eigenvalue weighted by Gasteiger charge is 2.44. The summed E-state index contributed by atoms with van der Waals surface area (Å²) in [5.41, 5.74) is 2.97. The van der Waals surface area contributed by atoms with Crippen molar-refractivity contribution in [3.8, 4) is 0 Å². The molecule has 1 aromatic carbocycles. The minimum atomic E-state index is 0.103. The van der Waals surface area contributed by atoms with Gasteiger partial charge in [0.05, 0.1) is 13.1 Å². The highest BCUT2D eigenvalue weighted by Crippen LogP contribution is 2.36. The summed E-state index contributed by atoms with van der Waals surface area (Å²) in [4.78, 5) is 5.21. The Bertz CT molecular complexity index is 643. The van der Waals surface area contributed by atoms with E-state index < -0.39 is 0 Å². The van der Waals surface area contributed by atoms with Crippen LogP contribution in [-0.4, -0.2) is 47.0 Å². The lowest BCUT2D eigenvalue weighted by atomic mass is 9.90. The van der Waals surface area contributed by atoms with Crippen molar-refractivity contribution >= 4 is 11.5 Å². The molecule has 0 saturated carbocycles. The molecule has 0 spiro atoms. The van der Waals surface area contributed by atoms with Gasteiger partial charge in [0, 0.05) is 31.3 Å². The van der Waals surface area contributed by atoms with Gasteiger partial charge in [-0.15, -0.1) is 0 Å². The third-order valence-electron chi connectivity index (χ3n) is 5.70. The van der Waals surface area contributed by atoms with E-state index in [1.54, 1.807) is 5.70 Å². The fourth-order valence-electron chi connectivity index (χ4n) is 4.54. The molecule has 3 aliphatic rings. The van der Waals surface area contributed by atoms with Gasteiger partial charge in [0.15, 0.2) is 0 Å². The summed E-state index contributed by atoms with van der Waals surface area (Å²) in [7, 11) is 0. The van der Waals surface area contributed by atoms with Crippen molar-refractivity contribution < 1.29 is 4.58 Å². The maximum absolute atomic E-state index is 2.63. The number of para-hydroxylation sites is 1. The lowest BCUT2D eigenvalue weighted by Crippen LogP contribution is -2.54. The molecule has 0 radical (unpaired) electrons. The molecule has 0 aromatic heterocycles. The van der Waals surface area contributed by atoms with E-state index in [-0.39, 0.29) is 5.54 Å². The number of hydrogen-bond acceptors (Lipinski definition) is 1. The van der Waals surface area contributed by atoms with Gasteiger partial charge in [-0.1, -0.05) is 18.2 Å². The minimum absolute atomic E-state index is 0.103. The molecule has 3 nitrogen and oxygen atoms in total. The summed E-state index contributed by atoms with van der Waals surface area (Å²) in [6.45, 7) is 9.66. The lowest BCUT2D eigenvalue weighted by Gasteiger charge is -2.40. The van der Waals surface area contributed by atoms with E-state index in [1.807, 2.05) is 0 Å². The molecule has 0 aliphatic carbocycles. The van der Waals surface area contributed by atoms with Crippen molar-refractivity contribution in [1.82, 2.24) is 4.90 Å². The van der Waals surface area contributed by atoms with Crippen LogP contribution in [0.2, 0.25) is 0 Å². The number of anilines is 1. The zero-order chi connectivity index (χ0) is 16.6. The molecule has 1 aromatic rings. The molecule has 2 fully saturated rings. The number of rotatable bonds is 2. The Kier molecular flexibility index (Phi) is 4.11. The van der Waals surface area contributed by atoms with Crippen LogP contribution in [0.3, 0.4) is 0 Å². The first kappa shape index (κ1) is 15.7. The zero-order valence-electron chi connectivity index (χ0n) is 15.2. The number of amidine groups is 1. The van der Waals surface area contributed by atoms with Gasteiger partial charge in [0.25, 0.3) is 5.84 Å². The highest BCUT2D eigenvalue weighted by atomic mass is 15.3. The Morgan fingerprint density at radius 1 is 0.917 bits per heavy atom. The van der Waals surface area contributed by atoms with Crippen LogP contribution in [0, 0.1) is 0 Å². The molecule has 3 heteroatoms. The van der Waals surface area contributed by atoms with Crippen molar-refractivity contribution in [3.05, 3.63) is 42.1 Å². The second-order valence-corrected chi connectivity index (χ2v) is 8.04. The Morgan fingerprint density at radius 3 is 2.25 bits per heavy atom. The molecule has 3 aliphatic heterocycles. The van der Waals surface area contributed by atoms with Crippen LogP contribution in [-0.2, 0) is 0 Å². The summed E-state index contributed by atoms with van der Waals surface area (Å²) in [5, 5.41) is 0. The monoisotopic (exact) mass is 324 g/mol. The molecule has 0 amide bonds. The molecule has 0 unspecified atom stereocenters. The number of likely N-dealkylation sites (tertiary alicyclic amines) is 1. The highest BCUT2D eigenvalue weighted by molar-refractivity contribution is 6.05. The van der Waals surface area contributed by atoms with Gasteiger partial charge in [-0.25, -0.2) is 4.90 Å². The van der Waals surface area contributed by atoms with Crippen molar-refractivity contribution in [1.29, 1.82) is 0 Å². The maximum Gasteiger partial charge on any atom is 0.279 e. The van der Waals surface area contributed by atoms with E-state index in [4.69, 9.17) is 0 Å². The largest absolute Gasteiger partial charge is 0.374 e. The van der Waals surface area contributed by atoms with Crippen molar-refractivity contribution in [2.75, 3.05) is 31.1 Å². The summed E-state index contributed by atoms with van der Waals surface area (Å²) >= 11 is 0. The lowest BCUT2D eigenvalue weighted by molar-refractivity contribution is -0.506.